The molecule has 0 aliphatic carbocycles. The Balaban J connectivity index is 1.76. The van der Waals surface area contributed by atoms with E-state index >= 15 is 0 Å². The zero-order valence-corrected chi connectivity index (χ0v) is 12.1. The van der Waals surface area contributed by atoms with Crippen molar-refractivity contribution in [2.45, 2.75) is 18.6 Å². The third-order valence-corrected chi connectivity index (χ3v) is 3.85. The second kappa shape index (κ2) is 6.77. The first-order chi connectivity index (χ1) is 9.04. The number of nitrogens with zero attached hydrogens (tertiary/aromatic N) is 1. The minimum Gasteiger partial charge on any atom is -0.491 e. The van der Waals surface area contributed by atoms with Gasteiger partial charge in [0.2, 0.25) is 0 Å². The Morgan fingerprint density at radius 1 is 1.42 bits per heavy atom. The molecule has 0 radical (unpaired) electrons. The van der Waals surface area contributed by atoms with Crippen molar-refractivity contribution in [3.8, 4) is 5.75 Å². The van der Waals surface area contributed by atoms with Gasteiger partial charge < -0.3 is 15.6 Å². The summed E-state index contributed by atoms with van der Waals surface area (Å²) in [6, 6.07) is 5.27. The summed E-state index contributed by atoms with van der Waals surface area (Å²) in [6.45, 7) is 2.58. The van der Waals surface area contributed by atoms with Crippen LogP contribution in [-0.4, -0.2) is 48.4 Å². The van der Waals surface area contributed by atoms with E-state index in [1.54, 1.807) is 18.2 Å². The summed E-state index contributed by atoms with van der Waals surface area (Å²) in [6.07, 6.45) is 0.445. The lowest BCUT2D eigenvalue weighted by molar-refractivity contribution is 0.0755. The van der Waals surface area contributed by atoms with Crippen LogP contribution in [0.25, 0.3) is 0 Å². The highest BCUT2D eigenvalue weighted by molar-refractivity contribution is 6.42. The summed E-state index contributed by atoms with van der Waals surface area (Å²) in [5.41, 5.74) is 5.81. The SMILES string of the molecule is N[C@H]1CCN(C[C@H](O)COc2ccc(Cl)c(Cl)c2)C1. The van der Waals surface area contributed by atoms with Crippen LogP contribution in [0, 0.1) is 0 Å². The number of ether oxygens (including phenoxy) is 1. The van der Waals surface area contributed by atoms with Gasteiger partial charge in [0.1, 0.15) is 18.5 Å². The molecule has 2 atom stereocenters. The highest BCUT2D eigenvalue weighted by atomic mass is 35.5. The number of rotatable bonds is 5. The van der Waals surface area contributed by atoms with Crippen LogP contribution >= 0.6 is 23.2 Å². The summed E-state index contributed by atoms with van der Waals surface area (Å²) in [5.74, 6) is 0.603. The monoisotopic (exact) mass is 304 g/mol. The molecular weight excluding hydrogens is 287 g/mol. The van der Waals surface area contributed by atoms with Crippen LogP contribution in [-0.2, 0) is 0 Å². The van der Waals surface area contributed by atoms with Gasteiger partial charge in [-0.15, -0.1) is 0 Å². The van der Waals surface area contributed by atoms with E-state index in [0.717, 1.165) is 19.5 Å². The highest BCUT2D eigenvalue weighted by Gasteiger charge is 2.21. The van der Waals surface area contributed by atoms with Gasteiger partial charge in [0.25, 0.3) is 0 Å². The maximum atomic E-state index is 9.91. The molecule has 6 heteroatoms. The van der Waals surface area contributed by atoms with Gasteiger partial charge in [-0.1, -0.05) is 23.2 Å². The van der Waals surface area contributed by atoms with Gasteiger partial charge in [0, 0.05) is 25.2 Å². The predicted octanol–water partition coefficient (Wildman–Crippen LogP) is 1.77. The molecule has 1 aromatic carbocycles. The first kappa shape index (κ1) is 14.9. The van der Waals surface area contributed by atoms with Crippen molar-refractivity contribution in [2.75, 3.05) is 26.2 Å². The van der Waals surface area contributed by atoms with Crippen LogP contribution in [0.5, 0.6) is 5.75 Å². The van der Waals surface area contributed by atoms with Crippen molar-refractivity contribution in [1.82, 2.24) is 4.90 Å². The number of β-amino-alcohol motifs (C(OH)–C–C–N with tert-alkyl or cyclic N) is 1. The second-order valence-corrected chi connectivity index (χ2v) is 5.66. The minimum absolute atomic E-state index is 0.225. The van der Waals surface area contributed by atoms with E-state index in [1.807, 2.05) is 0 Å². The molecule has 1 aliphatic heterocycles. The predicted molar refractivity (Wildman–Crippen MR) is 77.0 cm³/mol. The van der Waals surface area contributed by atoms with E-state index in [0.29, 0.717) is 22.3 Å². The average molecular weight is 305 g/mol. The topological polar surface area (TPSA) is 58.7 Å². The fraction of sp³-hybridized carbons (Fsp3) is 0.538. The molecule has 4 nitrogen and oxygen atoms in total. The van der Waals surface area contributed by atoms with Crippen LogP contribution in [0.3, 0.4) is 0 Å². The normalized spacial score (nSPS) is 21.6. The summed E-state index contributed by atoms with van der Waals surface area (Å²) in [5, 5.41) is 10.8. The summed E-state index contributed by atoms with van der Waals surface area (Å²) < 4.78 is 5.49. The molecule has 1 fully saturated rings. The van der Waals surface area contributed by atoms with Crippen molar-refractivity contribution >= 4 is 23.2 Å². The summed E-state index contributed by atoms with van der Waals surface area (Å²) in [4.78, 5) is 2.15. The Kier molecular flexibility index (Phi) is 5.30. The molecular formula is C13H18Cl2N2O2. The van der Waals surface area contributed by atoms with Crippen LogP contribution in [0.1, 0.15) is 6.42 Å². The van der Waals surface area contributed by atoms with E-state index in [2.05, 4.69) is 4.90 Å². The number of likely N-dealkylation sites (tertiary alicyclic amines) is 1. The Hall–Kier alpha value is -0.520. The summed E-state index contributed by atoms with van der Waals surface area (Å²) >= 11 is 11.7. The molecule has 0 spiro atoms. The zero-order chi connectivity index (χ0) is 13.8. The number of halogens is 2. The van der Waals surface area contributed by atoms with E-state index in [9.17, 15) is 5.11 Å². The quantitative estimate of drug-likeness (QED) is 0.870. The van der Waals surface area contributed by atoms with Crippen molar-refractivity contribution in [2.24, 2.45) is 5.73 Å². The molecule has 0 bridgehead atoms. The highest BCUT2D eigenvalue weighted by Crippen LogP contribution is 2.26. The lowest BCUT2D eigenvalue weighted by Gasteiger charge is -2.20. The lowest BCUT2D eigenvalue weighted by Crippen LogP contribution is -2.35. The molecule has 1 heterocycles. The van der Waals surface area contributed by atoms with Gasteiger partial charge in [-0.25, -0.2) is 0 Å². The molecule has 106 valence electrons. The van der Waals surface area contributed by atoms with Gasteiger partial charge in [-0.2, -0.15) is 0 Å². The van der Waals surface area contributed by atoms with Gasteiger partial charge in [-0.05, 0) is 25.1 Å². The number of hydrogen-bond acceptors (Lipinski definition) is 4. The Bertz CT molecular complexity index is 431. The van der Waals surface area contributed by atoms with Gasteiger partial charge in [0.05, 0.1) is 10.0 Å². The molecule has 19 heavy (non-hydrogen) atoms. The first-order valence-electron chi connectivity index (χ1n) is 6.28. The third kappa shape index (κ3) is 4.51. The Morgan fingerprint density at radius 2 is 2.21 bits per heavy atom. The fourth-order valence-corrected chi connectivity index (χ4v) is 2.43. The fourth-order valence-electron chi connectivity index (χ4n) is 2.14. The van der Waals surface area contributed by atoms with E-state index in [-0.39, 0.29) is 12.6 Å². The second-order valence-electron chi connectivity index (χ2n) is 4.85. The van der Waals surface area contributed by atoms with Crippen molar-refractivity contribution in [1.29, 1.82) is 0 Å². The number of hydrogen-bond donors (Lipinski definition) is 2. The number of aliphatic hydroxyl groups is 1. The van der Waals surface area contributed by atoms with Crippen molar-refractivity contribution < 1.29 is 9.84 Å². The van der Waals surface area contributed by atoms with Crippen LogP contribution < -0.4 is 10.5 Å². The van der Waals surface area contributed by atoms with E-state index < -0.39 is 6.10 Å². The van der Waals surface area contributed by atoms with Gasteiger partial charge >= 0.3 is 0 Å². The smallest absolute Gasteiger partial charge is 0.121 e. The molecule has 0 saturated carbocycles. The molecule has 0 unspecified atom stereocenters. The van der Waals surface area contributed by atoms with E-state index in [4.69, 9.17) is 33.7 Å². The molecule has 1 aliphatic rings. The molecule has 1 saturated heterocycles. The molecule has 0 aromatic heterocycles. The van der Waals surface area contributed by atoms with Crippen LogP contribution in [0.15, 0.2) is 18.2 Å². The van der Waals surface area contributed by atoms with Crippen molar-refractivity contribution in [3.63, 3.8) is 0 Å². The van der Waals surface area contributed by atoms with Gasteiger partial charge in [0.15, 0.2) is 0 Å². The lowest BCUT2D eigenvalue weighted by atomic mass is 10.3. The molecule has 2 rings (SSSR count). The number of nitrogens with two attached hydrogens (primary N) is 1. The maximum absolute atomic E-state index is 9.91. The standard InChI is InChI=1S/C13H18Cl2N2O2/c14-12-2-1-11(5-13(12)15)19-8-10(18)7-17-4-3-9(16)6-17/h1-2,5,9-10,18H,3-4,6-8,16H2/t9-,10-/m0/s1. The molecule has 0 amide bonds. The minimum atomic E-state index is -0.542. The summed E-state index contributed by atoms with van der Waals surface area (Å²) in [7, 11) is 0. The average Bonchev–Trinajstić information content (AvgIpc) is 2.76. The maximum Gasteiger partial charge on any atom is 0.121 e. The number of benzene rings is 1. The van der Waals surface area contributed by atoms with Gasteiger partial charge in [-0.3, -0.25) is 4.90 Å². The molecule has 3 N–H and O–H groups in total. The Labute approximate surface area is 123 Å². The molecule has 1 aromatic rings. The van der Waals surface area contributed by atoms with Crippen LogP contribution in [0.4, 0.5) is 0 Å². The largest absolute Gasteiger partial charge is 0.491 e. The van der Waals surface area contributed by atoms with Crippen molar-refractivity contribution in [3.05, 3.63) is 28.2 Å². The first-order valence-corrected chi connectivity index (χ1v) is 7.04. The van der Waals surface area contributed by atoms with Crippen LogP contribution in [0.2, 0.25) is 10.0 Å². The van der Waals surface area contributed by atoms with E-state index in [1.165, 1.54) is 0 Å². The third-order valence-electron chi connectivity index (χ3n) is 3.11. The number of aliphatic hydroxyl groups excluding tert-OH is 1. The Morgan fingerprint density at radius 3 is 2.84 bits per heavy atom. The zero-order valence-electron chi connectivity index (χ0n) is 10.6.